The zero-order valence-electron chi connectivity index (χ0n) is 19.7. The van der Waals surface area contributed by atoms with Crippen LogP contribution < -0.4 is 20.9 Å². The Bertz CT molecular complexity index is 1280. The summed E-state index contributed by atoms with van der Waals surface area (Å²) in [5.41, 5.74) is 0.444. The van der Waals surface area contributed by atoms with Crippen LogP contribution in [0.1, 0.15) is 41.3 Å². The number of benzene rings is 2. The van der Waals surface area contributed by atoms with Crippen LogP contribution in [-0.2, 0) is 6.18 Å². The summed E-state index contributed by atoms with van der Waals surface area (Å²) < 4.78 is 39.0. The number of nitrogens with one attached hydrogen (secondary N) is 3. The van der Waals surface area contributed by atoms with Gasteiger partial charge in [-0.25, -0.2) is 14.8 Å². The highest BCUT2D eigenvalue weighted by atomic mass is 19.4. The number of hydrogen-bond acceptors (Lipinski definition) is 5. The first kappa shape index (κ1) is 25.0. The van der Waals surface area contributed by atoms with Gasteiger partial charge in [-0.05, 0) is 62.6 Å². The van der Waals surface area contributed by atoms with Crippen molar-refractivity contribution in [2.45, 2.75) is 38.9 Å². The molecule has 1 aliphatic carbocycles. The molecule has 188 valence electrons. The van der Waals surface area contributed by atoms with Crippen molar-refractivity contribution >= 4 is 34.9 Å². The van der Waals surface area contributed by atoms with E-state index >= 15 is 0 Å². The quantitative estimate of drug-likeness (QED) is 0.389. The predicted molar refractivity (Wildman–Crippen MR) is 131 cm³/mol. The van der Waals surface area contributed by atoms with Gasteiger partial charge in [-0.2, -0.15) is 13.2 Å². The van der Waals surface area contributed by atoms with Crippen LogP contribution in [0, 0.1) is 6.92 Å². The van der Waals surface area contributed by atoms with E-state index in [4.69, 9.17) is 0 Å². The summed E-state index contributed by atoms with van der Waals surface area (Å²) in [5.74, 6) is 0.373. The number of nitrogens with zero attached hydrogens (tertiary/aromatic N) is 3. The van der Waals surface area contributed by atoms with Gasteiger partial charge >= 0.3 is 12.2 Å². The Morgan fingerprint density at radius 1 is 1.06 bits per heavy atom. The maximum atomic E-state index is 13.1. The van der Waals surface area contributed by atoms with E-state index in [9.17, 15) is 22.8 Å². The summed E-state index contributed by atoms with van der Waals surface area (Å²) >= 11 is 0. The Morgan fingerprint density at radius 2 is 1.83 bits per heavy atom. The van der Waals surface area contributed by atoms with Crippen LogP contribution in [0.15, 0.2) is 54.9 Å². The van der Waals surface area contributed by atoms with Gasteiger partial charge in [0.15, 0.2) is 0 Å². The molecule has 3 aromatic rings. The molecule has 1 aromatic heterocycles. The predicted octanol–water partition coefficient (Wildman–Crippen LogP) is 5.69. The monoisotopic (exact) mass is 498 g/mol. The smallest absolute Gasteiger partial charge is 0.367 e. The van der Waals surface area contributed by atoms with E-state index in [1.165, 1.54) is 23.4 Å². The Morgan fingerprint density at radius 3 is 2.53 bits per heavy atom. The number of alkyl halides is 3. The van der Waals surface area contributed by atoms with Crippen molar-refractivity contribution in [3.63, 3.8) is 0 Å². The molecule has 1 aliphatic rings. The SMILES string of the molecule is CCN(C(=O)Nc1cc(NC(=O)c2cccc(C(F)(F)F)c2)ccc1C)c1cc(NC2CC2)ncn1. The summed E-state index contributed by atoms with van der Waals surface area (Å²) in [7, 11) is 0. The number of aromatic nitrogens is 2. The number of aryl methyl sites for hydroxylation is 1. The summed E-state index contributed by atoms with van der Waals surface area (Å²) in [5, 5.41) is 8.68. The van der Waals surface area contributed by atoms with Crippen LogP contribution in [0.25, 0.3) is 0 Å². The van der Waals surface area contributed by atoms with E-state index in [-0.39, 0.29) is 5.56 Å². The molecule has 0 saturated heterocycles. The first-order valence-corrected chi connectivity index (χ1v) is 11.4. The highest BCUT2D eigenvalue weighted by molar-refractivity contribution is 6.05. The summed E-state index contributed by atoms with van der Waals surface area (Å²) in [6.07, 6.45) is -0.999. The third-order valence-corrected chi connectivity index (χ3v) is 5.61. The largest absolute Gasteiger partial charge is 0.416 e. The molecule has 36 heavy (non-hydrogen) atoms. The molecule has 3 N–H and O–H groups in total. The lowest BCUT2D eigenvalue weighted by Gasteiger charge is -2.22. The van der Waals surface area contributed by atoms with E-state index in [2.05, 4.69) is 25.9 Å². The molecule has 0 unspecified atom stereocenters. The molecule has 11 heteroatoms. The van der Waals surface area contributed by atoms with Crippen LogP contribution in [0.5, 0.6) is 0 Å². The van der Waals surface area contributed by atoms with E-state index < -0.39 is 23.7 Å². The van der Waals surface area contributed by atoms with Crippen molar-refractivity contribution in [1.29, 1.82) is 0 Å². The molecule has 4 rings (SSSR count). The second-order valence-corrected chi connectivity index (χ2v) is 8.42. The Kier molecular flexibility index (Phi) is 7.09. The zero-order valence-corrected chi connectivity index (χ0v) is 19.7. The van der Waals surface area contributed by atoms with Gasteiger partial charge < -0.3 is 16.0 Å². The van der Waals surface area contributed by atoms with Crippen molar-refractivity contribution in [2.24, 2.45) is 0 Å². The topological polar surface area (TPSA) is 99.2 Å². The number of anilines is 4. The normalized spacial score (nSPS) is 13.1. The van der Waals surface area contributed by atoms with Crippen molar-refractivity contribution < 1.29 is 22.8 Å². The van der Waals surface area contributed by atoms with Crippen LogP contribution in [0.2, 0.25) is 0 Å². The Balaban J connectivity index is 1.48. The van der Waals surface area contributed by atoms with Gasteiger partial charge in [0.2, 0.25) is 0 Å². The number of carbonyl (C=O) groups is 2. The van der Waals surface area contributed by atoms with Crippen LogP contribution in [-0.4, -0.2) is 34.5 Å². The van der Waals surface area contributed by atoms with Crippen LogP contribution in [0.4, 0.5) is 41.0 Å². The van der Waals surface area contributed by atoms with Crippen molar-refractivity contribution in [2.75, 3.05) is 27.4 Å². The van der Waals surface area contributed by atoms with Crippen molar-refractivity contribution in [3.8, 4) is 0 Å². The van der Waals surface area contributed by atoms with Gasteiger partial charge in [-0.3, -0.25) is 9.69 Å². The summed E-state index contributed by atoms with van der Waals surface area (Å²) in [6, 6.07) is 10.7. The van der Waals surface area contributed by atoms with Gasteiger partial charge in [0.05, 0.1) is 5.56 Å². The fourth-order valence-electron chi connectivity index (χ4n) is 3.48. The molecule has 2 aromatic carbocycles. The average molecular weight is 499 g/mol. The first-order chi connectivity index (χ1) is 17.1. The number of rotatable bonds is 7. The lowest BCUT2D eigenvalue weighted by atomic mass is 10.1. The van der Waals surface area contributed by atoms with Gasteiger partial charge in [0.1, 0.15) is 18.0 Å². The van der Waals surface area contributed by atoms with Crippen molar-refractivity contribution in [3.05, 3.63) is 71.5 Å². The summed E-state index contributed by atoms with van der Waals surface area (Å²) in [4.78, 5) is 35.5. The average Bonchev–Trinajstić information content (AvgIpc) is 3.65. The Labute approximate surface area is 205 Å². The molecule has 0 spiro atoms. The minimum Gasteiger partial charge on any atom is -0.367 e. The van der Waals surface area contributed by atoms with Gasteiger partial charge in [0, 0.05) is 35.6 Å². The molecule has 8 nitrogen and oxygen atoms in total. The van der Waals surface area contributed by atoms with Gasteiger partial charge in [0.25, 0.3) is 5.91 Å². The van der Waals surface area contributed by atoms with Gasteiger partial charge in [-0.15, -0.1) is 0 Å². The number of amides is 3. The van der Waals surface area contributed by atoms with E-state index in [1.807, 2.05) is 6.92 Å². The third-order valence-electron chi connectivity index (χ3n) is 5.61. The zero-order chi connectivity index (χ0) is 25.9. The highest BCUT2D eigenvalue weighted by Crippen LogP contribution is 2.30. The van der Waals surface area contributed by atoms with Gasteiger partial charge in [-0.1, -0.05) is 12.1 Å². The molecule has 0 bridgehead atoms. The first-order valence-electron chi connectivity index (χ1n) is 11.4. The molecule has 3 amide bonds. The summed E-state index contributed by atoms with van der Waals surface area (Å²) in [6.45, 7) is 3.94. The number of carbonyl (C=O) groups excluding carboxylic acids is 2. The molecular weight excluding hydrogens is 473 g/mol. The molecule has 1 fully saturated rings. The van der Waals surface area contributed by atoms with Crippen LogP contribution in [0.3, 0.4) is 0 Å². The fraction of sp³-hybridized carbons (Fsp3) is 0.280. The number of halogens is 3. The Hall–Kier alpha value is -4.15. The van der Waals surface area contributed by atoms with Crippen molar-refractivity contribution in [1.82, 2.24) is 9.97 Å². The molecule has 1 saturated carbocycles. The molecule has 0 atom stereocenters. The standard InChI is InChI=1S/C25H25F3N6O2/c1-3-34(22-13-21(29-14-30-22)31-18-9-10-18)24(36)33-20-12-19(8-7-15(20)2)32-23(35)16-5-4-6-17(11-16)25(26,27)28/h4-8,11-14,18H,3,9-10H2,1-2H3,(H,32,35)(H,33,36)(H,29,30,31). The minimum absolute atomic E-state index is 0.132. The van der Waals surface area contributed by atoms with Crippen LogP contribution >= 0.6 is 0 Å². The maximum absolute atomic E-state index is 13.1. The lowest BCUT2D eigenvalue weighted by molar-refractivity contribution is -0.137. The van der Waals surface area contributed by atoms with E-state index in [0.717, 1.165) is 30.5 Å². The molecule has 0 aliphatic heterocycles. The number of hydrogen-bond donors (Lipinski definition) is 3. The molecule has 0 radical (unpaired) electrons. The lowest BCUT2D eigenvalue weighted by Crippen LogP contribution is -2.35. The molecule has 1 heterocycles. The second-order valence-electron chi connectivity index (χ2n) is 8.42. The highest BCUT2D eigenvalue weighted by Gasteiger charge is 2.31. The molecular formula is C25H25F3N6O2. The minimum atomic E-state index is -4.55. The maximum Gasteiger partial charge on any atom is 0.416 e. The van der Waals surface area contributed by atoms with E-state index in [1.54, 1.807) is 31.2 Å². The second kappa shape index (κ2) is 10.2. The van der Waals surface area contributed by atoms with E-state index in [0.29, 0.717) is 35.6 Å². The fourth-order valence-corrected chi connectivity index (χ4v) is 3.48. The third kappa shape index (κ3) is 6.09. The number of urea groups is 1.